The lowest BCUT2D eigenvalue weighted by Crippen LogP contribution is -2.07. The van der Waals surface area contributed by atoms with E-state index in [4.69, 9.17) is 0 Å². The van der Waals surface area contributed by atoms with Gasteiger partial charge in [-0.15, -0.1) is 0 Å². The van der Waals surface area contributed by atoms with Gasteiger partial charge in [0.05, 0.1) is 0 Å². The van der Waals surface area contributed by atoms with Crippen molar-refractivity contribution in [1.29, 1.82) is 0 Å². The fourth-order valence-electron chi connectivity index (χ4n) is 1.22. The predicted octanol–water partition coefficient (Wildman–Crippen LogP) is 1.30. The molecule has 1 aliphatic rings. The Hall–Kier alpha value is 0.110. The summed E-state index contributed by atoms with van der Waals surface area (Å²) in [6.07, 6.45) is 3.74. The van der Waals surface area contributed by atoms with Crippen molar-refractivity contribution >= 4 is 11.1 Å². The van der Waals surface area contributed by atoms with Crippen molar-refractivity contribution in [3.63, 3.8) is 0 Å². The minimum Gasteiger partial charge on any atom is -0.772 e. The first-order chi connectivity index (χ1) is 4.68. The Balaban J connectivity index is 2.07. The summed E-state index contributed by atoms with van der Waals surface area (Å²) in [5.41, 5.74) is 0. The smallest absolute Gasteiger partial charge is 0.0127 e. The van der Waals surface area contributed by atoms with Gasteiger partial charge in [-0.25, -0.2) is 0 Å². The topological polar surface area (TPSA) is 40.1 Å². The van der Waals surface area contributed by atoms with Gasteiger partial charge in [0.1, 0.15) is 0 Å². The van der Waals surface area contributed by atoms with Crippen LogP contribution in [0.5, 0.6) is 0 Å². The molecule has 0 amide bonds. The van der Waals surface area contributed by atoms with Gasteiger partial charge in [-0.05, 0) is 18.3 Å². The van der Waals surface area contributed by atoms with Gasteiger partial charge >= 0.3 is 0 Å². The highest BCUT2D eigenvalue weighted by atomic mass is 32.2. The van der Waals surface area contributed by atoms with E-state index < -0.39 is 11.1 Å². The Kier molecular flexibility index (Phi) is 2.86. The summed E-state index contributed by atoms with van der Waals surface area (Å²) >= 11 is -1.83. The number of hydrogen-bond acceptors (Lipinski definition) is 2. The second-order valence-electron chi connectivity index (χ2n) is 3.25. The minimum absolute atomic E-state index is 0.344. The molecule has 2 nitrogen and oxygen atoms in total. The molecule has 0 bridgehead atoms. The van der Waals surface area contributed by atoms with Crippen LogP contribution in [0, 0.1) is 11.8 Å². The van der Waals surface area contributed by atoms with Crippen LogP contribution >= 0.6 is 0 Å². The molecule has 2 atom stereocenters. The predicted molar refractivity (Wildman–Crippen MR) is 40.3 cm³/mol. The molecular formula is C7H13O2S-. The summed E-state index contributed by atoms with van der Waals surface area (Å²) in [5.74, 6) is 1.56. The van der Waals surface area contributed by atoms with Crippen LogP contribution in [-0.4, -0.2) is 14.5 Å². The van der Waals surface area contributed by atoms with E-state index in [1.54, 1.807) is 0 Å². The average Bonchev–Trinajstić information content (AvgIpc) is 2.46. The van der Waals surface area contributed by atoms with E-state index in [0.29, 0.717) is 11.7 Å². The number of hydrogen-bond donors (Lipinski definition) is 0. The van der Waals surface area contributed by atoms with Crippen LogP contribution in [0.15, 0.2) is 0 Å². The Morgan fingerprint density at radius 1 is 1.70 bits per heavy atom. The maximum atomic E-state index is 10.2. The van der Waals surface area contributed by atoms with Crippen molar-refractivity contribution in [1.82, 2.24) is 0 Å². The zero-order valence-corrected chi connectivity index (χ0v) is 7.02. The van der Waals surface area contributed by atoms with Crippen LogP contribution < -0.4 is 0 Å². The van der Waals surface area contributed by atoms with E-state index in [1.165, 1.54) is 12.8 Å². The molecule has 0 aromatic heterocycles. The van der Waals surface area contributed by atoms with E-state index in [-0.39, 0.29) is 0 Å². The largest absolute Gasteiger partial charge is 0.772 e. The monoisotopic (exact) mass is 161 g/mol. The quantitative estimate of drug-likeness (QED) is 0.583. The van der Waals surface area contributed by atoms with E-state index in [9.17, 15) is 8.76 Å². The van der Waals surface area contributed by atoms with E-state index in [0.717, 1.165) is 12.3 Å². The molecule has 0 radical (unpaired) electrons. The van der Waals surface area contributed by atoms with Crippen molar-refractivity contribution < 1.29 is 8.76 Å². The first-order valence-electron chi connectivity index (χ1n) is 3.74. The van der Waals surface area contributed by atoms with Crippen LogP contribution in [0.3, 0.4) is 0 Å². The molecular weight excluding hydrogens is 148 g/mol. The van der Waals surface area contributed by atoms with Gasteiger partial charge in [-0.1, -0.05) is 30.8 Å². The summed E-state index contributed by atoms with van der Waals surface area (Å²) in [6.45, 7) is 2.01. The molecule has 0 aliphatic heterocycles. The van der Waals surface area contributed by atoms with E-state index in [2.05, 4.69) is 0 Å². The molecule has 1 rings (SSSR count). The highest BCUT2D eigenvalue weighted by molar-refractivity contribution is 7.79. The molecule has 0 aromatic carbocycles. The molecule has 0 heterocycles. The molecule has 1 saturated carbocycles. The van der Waals surface area contributed by atoms with Crippen LogP contribution in [-0.2, 0) is 11.1 Å². The van der Waals surface area contributed by atoms with Crippen molar-refractivity contribution in [2.24, 2.45) is 11.8 Å². The van der Waals surface area contributed by atoms with E-state index in [1.807, 2.05) is 6.92 Å². The van der Waals surface area contributed by atoms with Gasteiger partial charge in [0.25, 0.3) is 0 Å². The highest BCUT2D eigenvalue weighted by Crippen LogP contribution is 2.35. The summed E-state index contributed by atoms with van der Waals surface area (Å²) in [4.78, 5) is 0. The van der Waals surface area contributed by atoms with Gasteiger partial charge in [0, 0.05) is 5.75 Å². The molecule has 0 aromatic rings. The second-order valence-corrected chi connectivity index (χ2v) is 4.20. The maximum absolute atomic E-state index is 10.2. The Bertz CT molecular complexity index is 132. The lowest BCUT2D eigenvalue weighted by atomic mass is 10.1. The normalized spacial score (nSPS) is 24.2. The van der Waals surface area contributed by atoms with Gasteiger partial charge in [0.2, 0.25) is 0 Å². The molecule has 10 heavy (non-hydrogen) atoms. The molecule has 3 heteroatoms. The third-order valence-corrected chi connectivity index (χ3v) is 2.69. The van der Waals surface area contributed by atoms with Crippen LogP contribution in [0.25, 0.3) is 0 Å². The SMILES string of the molecule is CC(CC1CC1)CS(=O)[O-]. The summed E-state index contributed by atoms with van der Waals surface area (Å²) in [5, 5.41) is 0. The first kappa shape index (κ1) is 8.21. The van der Waals surface area contributed by atoms with E-state index >= 15 is 0 Å². The fraction of sp³-hybridized carbons (Fsp3) is 1.00. The lowest BCUT2D eigenvalue weighted by molar-refractivity contribution is 0.497. The third kappa shape index (κ3) is 3.32. The lowest BCUT2D eigenvalue weighted by Gasteiger charge is -2.11. The number of rotatable bonds is 4. The first-order valence-corrected chi connectivity index (χ1v) is 4.98. The van der Waals surface area contributed by atoms with Crippen molar-refractivity contribution in [2.75, 3.05) is 5.75 Å². The molecule has 0 N–H and O–H groups in total. The van der Waals surface area contributed by atoms with Crippen molar-refractivity contribution in [3.8, 4) is 0 Å². The standard InChI is InChI=1S/C7H14O2S/c1-6(5-10(8)9)4-7-2-3-7/h6-7H,2-5H2,1H3,(H,8,9)/p-1. The van der Waals surface area contributed by atoms with Crippen LogP contribution in [0.1, 0.15) is 26.2 Å². The highest BCUT2D eigenvalue weighted by Gasteiger charge is 2.23. The molecule has 2 unspecified atom stereocenters. The second kappa shape index (κ2) is 3.49. The maximum Gasteiger partial charge on any atom is 0.0127 e. The third-order valence-electron chi connectivity index (χ3n) is 1.85. The van der Waals surface area contributed by atoms with Crippen LogP contribution in [0.2, 0.25) is 0 Å². The molecule has 1 fully saturated rings. The molecule has 1 aliphatic carbocycles. The Morgan fingerprint density at radius 3 is 2.70 bits per heavy atom. The average molecular weight is 161 g/mol. The van der Waals surface area contributed by atoms with Gasteiger partial charge < -0.3 is 4.55 Å². The molecule has 0 spiro atoms. The van der Waals surface area contributed by atoms with Gasteiger partial charge in [0.15, 0.2) is 0 Å². The van der Waals surface area contributed by atoms with Crippen LogP contribution in [0.4, 0.5) is 0 Å². The fourth-order valence-corrected chi connectivity index (χ4v) is 1.82. The minimum atomic E-state index is -1.83. The molecule has 0 saturated heterocycles. The van der Waals surface area contributed by atoms with Gasteiger partial charge in [-0.3, -0.25) is 4.21 Å². The Labute approximate surface area is 64.3 Å². The zero-order valence-electron chi connectivity index (χ0n) is 6.21. The molecule has 60 valence electrons. The Morgan fingerprint density at radius 2 is 2.30 bits per heavy atom. The van der Waals surface area contributed by atoms with Gasteiger partial charge in [-0.2, -0.15) is 0 Å². The summed E-state index contributed by atoms with van der Waals surface area (Å²) < 4.78 is 20.4. The zero-order chi connectivity index (χ0) is 7.56. The summed E-state index contributed by atoms with van der Waals surface area (Å²) in [7, 11) is 0. The summed E-state index contributed by atoms with van der Waals surface area (Å²) in [6, 6.07) is 0. The van der Waals surface area contributed by atoms with Crippen molar-refractivity contribution in [2.45, 2.75) is 26.2 Å². The van der Waals surface area contributed by atoms with Crippen molar-refractivity contribution in [3.05, 3.63) is 0 Å².